The van der Waals surface area contributed by atoms with E-state index in [1.807, 2.05) is 44.2 Å². The van der Waals surface area contributed by atoms with Gasteiger partial charge in [0.1, 0.15) is 12.6 Å². The van der Waals surface area contributed by atoms with Crippen molar-refractivity contribution in [1.82, 2.24) is 10.2 Å². The topological polar surface area (TPSA) is 86.8 Å². The number of anilines is 1. The van der Waals surface area contributed by atoms with Crippen LogP contribution in [0.25, 0.3) is 0 Å². The fourth-order valence-electron chi connectivity index (χ4n) is 4.98. The van der Waals surface area contributed by atoms with Gasteiger partial charge in [0.2, 0.25) is 11.8 Å². The Balaban J connectivity index is 1.83. The van der Waals surface area contributed by atoms with Gasteiger partial charge >= 0.3 is 0 Å². The summed E-state index contributed by atoms with van der Waals surface area (Å²) in [7, 11) is -4.22. The minimum atomic E-state index is -4.22. The summed E-state index contributed by atoms with van der Waals surface area (Å²) in [4.78, 5) is 29.7. The maximum absolute atomic E-state index is 14.5. The van der Waals surface area contributed by atoms with Gasteiger partial charge in [-0.25, -0.2) is 8.42 Å². The van der Waals surface area contributed by atoms with Gasteiger partial charge in [0.25, 0.3) is 10.0 Å². The SMILES string of the molecule is CCCNC(=O)[C@@H](Cc1ccccc1)N(Cc1ccccc1Cl)C(=O)CN(c1ccc(Cl)cc1C)S(=O)(=O)c1ccc(C)cc1. The molecule has 1 atom stereocenters. The lowest BCUT2D eigenvalue weighted by Gasteiger charge is -2.34. The number of sulfonamides is 1. The number of hydrogen-bond donors (Lipinski definition) is 1. The van der Waals surface area contributed by atoms with Gasteiger partial charge in [-0.15, -0.1) is 0 Å². The molecule has 0 aromatic heterocycles. The maximum atomic E-state index is 14.5. The molecule has 2 amide bonds. The van der Waals surface area contributed by atoms with Crippen molar-refractivity contribution in [3.8, 4) is 0 Å². The number of carbonyl (C=O) groups is 2. The van der Waals surface area contributed by atoms with E-state index in [2.05, 4.69) is 5.32 Å². The van der Waals surface area contributed by atoms with E-state index in [-0.39, 0.29) is 23.8 Å². The summed E-state index contributed by atoms with van der Waals surface area (Å²) in [6, 6.07) is 26.8. The molecule has 0 saturated heterocycles. The summed E-state index contributed by atoms with van der Waals surface area (Å²) in [6.07, 6.45) is 0.929. The average molecular weight is 667 g/mol. The molecule has 4 aromatic rings. The van der Waals surface area contributed by atoms with Gasteiger partial charge in [-0.1, -0.05) is 96.4 Å². The second-order valence-corrected chi connectivity index (χ2v) is 13.6. The summed E-state index contributed by atoms with van der Waals surface area (Å²) < 4.78 is 29.5. The van der Waals surface area contributed by atoms with E-state index in [0.717, 1.165) is 15.4 Å². The Labute approximate surface area is 275 Å². The molecule has 0 fully saturated rings. The Morgan fingerprint density at radius 2 is 1.53 bits per heavy atom. The molecule has 0 unspecified atom stereocenters. The molecule has 1 N–H and O–H groups in total. The number of aryl methyl sites for hydroxylation is 2. The zero-order chi connectivity index (χ0) is 32.6. The van der Waals surface area contributed by atoms with Crippen molar-refractivity contribution in [3.05, 3.63) is 129 Å². The Hall–Kier alpha value is -3.85. The van der Waals surface area contributed by atoms with Gasteiger partial charge in [-0.05, 0) is 73.4 Å². The van der Waals surface area contributed by atoms with E-state index >= 15 is 0 Å². The van der Waals surface area contributed by atoms with Crippen LogP contribution in [0.15, 0.2) is 102 Å². The van der Waals surface area contributed by atoms with E-state index in [0.29, 0.717) is 39.8 Å². The lowest BCUT2D eigenvalue weighted by Crippen LogP contribution is -2.53. The number of hydrogen-bond acceptors (Lipinski definition) is 4. The van der Waals surface area contributed by atoms with Crippen LogP contribution >= 0.6 is 23.2 Å². The zero-order valence-electron chi connectivity index (χ0n) is 25.5. The molecule has 0 aliphatic heterocycles. The van der Waals surface area contributed by atoms with E-state index in [1.54, 1.807) is 61.5 Å². The molecule has 0 spiro atoms. The zero-order valence-corrected chi connectivity index (χ0v) is 27.9. The lowest BCUT2D eigenvalue weighted by atomic mass is 10.0. The van der Waals surface area contributed by atoms with Crippen molar-refractivity contribution in [2.75, 3.05) is 17.4 Å². The summed E-state index contributed by atoms with van der Waals surface area (Å²) in [5.41, 5.74) is 3.26. The minimum Gasteiger partial charge on any atom is -0.354 e. The van der Waals surface area contributed by atoms with E-state index in [1.165, 1.54) is 17.0 Å². The molecule has 45 heavy (non-hydrogen) atoms. The summed E-state index contributed by atoms with van der Waals surface area (Å²) in [6.45, 7) is 5.41. The second kappa shape index (κ2) is 15.4. The average Bonchev–Trinajstić information content (AvgIpc) is 3.02. The first-order chi connectivity index (χ1) is 21.5. The summed E-state index contributed by atoms with van der Waals surface area (Å²) >= 11 is 12.8. The Kier molecular flexibility index (Phi) is 11.7. The van der Waals surface area contributed by atoms with Gasteiger partial charge < -0.3 is 10.2 Å². The number of nitrogens with one attached hydrogen (secondary N) is 1. The third kappa shape index (κ3) is 8.66. The van der Waals surface area contributed by atoms with Crippen LogP contribution in [0.3, 0.4) is 0 Å². The van der Waals surface area contributed by atoms with Crippen molar-refractivity contribution in [2.45, 2.75) is 51.1 Å². The molecule has 0 radical (unpaired) electrons. The highest BCUT2D eigenvalue weighted by Crippen LogP contribution is 2.30. The molecule has 10 heteroatoms. The van der Waals surface area contributed by atoms with Crippen LogP contribution in [-0.4, -0.2) is 44.3 Å². The first-order valence-corrected chi connectivity index (χ1v) is 16.9. The smallest absolute Gasteiger partial charge is 0.264 e. The summed E-state index contributed by atoms with van der Waals surface area (Å²) in [5, 5.41) is 3.80. The number of carbonyl (C=O) groups excluding carboxylic acids is 2. The molecular weight excluding hydrogens is 629 g/mol. The minimum absolute atomic E-state index is 0.00638. The quantitative estimate of drug-likeness (QED) is 0.167. The van der Waals surface area contributed by atoms with Crippen molar-refractivity contribution < 1.29 is 18.0 Å². The highest BCUT2D eigenvalue weighted by Gasteiger charge is 2.35. The molecule has 7 nitrogen and oxygen atoms in total. The van der Waals surface area contributed by atoms with Gasteiger partial charge in [-0.2, -0.15) is 0 Å². The number of benzene rings is 4. The second-order valence-electron chi connectivity index (χ2n) is 10.9. The van der Waals surface area contributed by atoms with Gasteiger partial charge in [-0.3, -0.25) is 13.9 Å². The van der Waals surface area contributed by atoms with E-state index in [9.17, 15) is 18.0 Å². The monoisotopic (exact) mass is 665 g/mol. The van der Waals surface area contributed by atoms with E-state index in [4.69, 9.17) is 23.2 Å². The highest BCUT2D eigenvalue weighted by molar-refractivity contribution is 7.92. The molecule has 0 aliphatic carbocycles. The molecule has 0 bridgehead atoms. The molecule has 236 valence electrons. The first kappa shape index (κ1) is 34.0. The standard InChI is InChI=1S/C35H37Cl2N3O4S/c1-4-20-38-35(42)33(22-27-10-6-5-7-11-27)39(23-28-12-8-9-13-31(28)37)34(41)24-40(32-19-16-29(36)21-26(32)3)45(43,44)30-17-14-25(2)15-18-30/h5-19,21,33H,4,20,22-24H2,1-3H3,(H,38,42)/t33-/m1/s1. The van der Waals surface area contributed by atoms with Crippen LogP contribution in [0.4, 0.5) is 5.69 Å². The third-order valence-corrected chi connectivity index (χ3v) is 9.81. The van der Waals surface area contributed by atoms with Crippen molar-refractivity contribution in [2.24, 2.45) is 0 Å². The Bertz CT molecular complexity index is 1730. The van der Waals surface area contributed by atoms with Gasteiger partial charge in [0.05, 0.1) is 10.6 Å². The maximum Gasteiger partial charge on any atom is 0.264 e. The van der Waals surface area contributed by atoms with Crippen molar-refractivity contribution in [1.29, 1.82) is 0 Å². The fraction of sp³-hybridized carbons (Fsp3) is 0.257. The molecule has 4 aromatic carbocycles. The lowest BCUT2D eigenvalue weighted by molar-refractivity contribution is -0.140. The molecular formula is C35H37Cl2N3O4S. The molecule has 0 saturated carbocycles. The normalized spacial score (nSPS) is 11.9. The van der Waals surface area contributed by atoms with Crippen LogP contribution in [-0.2, 0) is 32.6 Å². The molecule has 0 aliphatic rings. The number of halogens is 2. The summed E-state index contributed by atoms with van der Waals surface area (Å²) in [5.74, 6) is -0.899. The number of rotatable bonds is 13. The van der Waals surface area contributed by atoms with Crippen molar-refractivity contribution >= 4 is 50.7 Å². The van der Waals surface area contributed by atoms with Crippen LogP contribution in [0.2, 0.25) is 10.0 Å². The van der Waals surface area contributed by atoms with E-state index < -0.39 is 28.5 Å². The van der Waals surface area contributed by atoms with Gasteiger partial charge in [0, 0.05) is 29.6 Å². The van der Waals surface area contributed by atoms with Crippen LogP contribution in [0.1, 0.15) is 35.6 Å². The highest BCUT2D eigenvalue weighted by atomic mass is 35.5. The predicted molar refractivity (Wildman–Crippen MR) is 181 cm³/mol. The Morgan fingerprint density at radius 1 is 0.867 bits per heavy atom. The van der Waals surface area contributed by atoms with Crippen LogP contribution in [0.5, 0.6) is 0 Å². The van der Waals surface area contributed by atoms with Crippen LogP contribution in [0, 0.1) is 13.8 Å². The number of nitrogens with zero attached hydrogens (tertiary/aromatic N) is 2. The molecule has 0 heterocycles. The van der Waals surface area contributed by atoms with Gasteiger partial charge in [0.15, 0.2) is 0 Å². The van der Waals surface area contributed by atoms with Crippen LogP contribution < -0.4 is 9.62 Å². The largest absolute Gasteiger partial charge is 0.354 e. The Morgan fingerprint density at radius 3 is 2.18 bits per heavy atom. The molecule has 4 rings (SSSR count). The fourth-order valence-corrected chi connectivity index (χ4v) is 6.88. The van der Waals surface area contributed by atoms with Crippen molar-refractivity contribution in [3.63, 3.8) is 0 Å². The third-order valence-electron chi connectivity index (χ3n) is 7.43. The predicted octanol–water partition coefficient (Wildman–Crippen LogP) is 6.97. The number of amides is 2. The first-order valence-electron chi connectivity index (χ1n) is 14.7.